The summed E-state index contributed by atoms with van der Waals surface area (Å²) in [4.78, 5) is 29.0. The van der Waals surface area contributed by atoms with E-state index >= 15 is 0 Å². The first kappa shape index (κ1) is 11.9. The van der Waals surface area contributed by atoms with Gasteiger partial charge in [-0.3, -0.25) is 19.9 Å². The minimum Gasteiger partial charge on any atom is -0.288 e. The lowest BCUT2D eigenvalue weighted by Gasteiger charge is -2.27. The Morgan fingerprint density at radius 1 is 1.05 bits per heavy atom. The molecule has 1 N–H and O–H groups in total. The molecule has 22 heavy (non-hydrogen) atoms. The molecule has 1 aromatic heterocycles. The third-order valence-electron chi connectivity index (χ3n) is 5.01. The van der Waals surface area contributed by atoms with Crippen LogP contribution in [-0.2, 0) is 15.0 Å². The van der Waals surface area contributed by atoms with Gasteiger partial charge in [-0.1, -0.05) is 30.3 Å². The molecule has 0 saturated carbocycles. The number of carbonyl (C=O) groups excluding carboxylic acids is 2. The third kappa shape index (κ3) is 1.25. The Labute approximate surface area is 126 Å². The van der Waals surface area contributed by atoms with Crippen LogP contribution in [0.2, 0.25) is 0 Å². The molecular formula is C18H12N2O2. The molecule has 1 unspecified atom stereocenters. The summed E-state index contributed by atoms with van der Waals surface area (Å²) >= 11 is 0. The van der Waals surface area contributed by atoms with Crippen molar-refractivity contribution >= 4 is 22.7 Å². The Morgan fingerprint density at radius 3 is 2.82 bits per heavy atom. The molecule has 106 valence electrons. The maximum atomic E-state index is 12.3. The number of pyridine rings is 1. The molecule has 4 heteroatoms. The molecule has 0 saturated heterocycles. The highest BCUT2D eigenvalue weighted by atomic mass is 16.2. The summed E-state index contributed by atoms with van der Waals surface area (Å²) < 4.78 is 0. The van der Waals surface area contributed by atoms with E-state index in [0.29, 0.717) is 17.6 Å². The Hall–Kier alpha value is -2.75. The van der Waals surface area contributed by atoms with Crippen molar-refractivity contribution in [3.8, 4) is 0 Å². The second-order valence-corrected chi connectivity index (χ2v) is 6.11. The minimum atomic E-state index is -0.453. The predicted octanol–water partition coefficient (Wildman–Crippen LogP) is 2.16. The second-order valence-electron chi connectivity index (χ2n) is 6.11. The fourth-order valence-corrected chi connectivity index (χ4v) is 4.02. The number of benzene rings is 1. The lowest BCUT2D eigenvalue weighted by atomic mass is 9.76. The van der Waals surface area contributed by atoms with Crippen LogP contribution < -0.4 is 5.32 Å². The number of fused-ring (bicyclic) bond motifs is 5. The van der Waals surface area contributed by atoms with Crippen molar-refractivity contribution < 1.29 is 9.59 Å². The summed E-state index contributed by atoms with van der Waals surface area (Å²) in [6.07, 6.45) is 3.53. The zero-order chi connectivity index (χ0) is 14.9. The molecule has 1 aliphatic heterocycles. The quantitative estimate of drug-likeness (QED) is 0.818. The van der Waals surface area contributed by atoms with Crippen LogP contribution in [0.4, 0.5) is 0 Å². The van der Waals surface area contributed by atoms with Crippen molar-refractivity contribution in [1.29, 1.82) is 0 Å². The van der Waals surface area contributed by atoms with Gasteiger partial charge in [0.05, 0.1) is 22.2 Å². The Kier molecular flexibility index (Phi) is 2.00. The first-order valence-electron chi connectivity index (χ1n) is 7.35. The van der Waals surface area contributed by atoms with E-state index in [1.807, 2.05) is 36.4 Å². The van der Waals surface area contributed by atoms with Crippen LogP contribution in [0.25, 0.3) is 10.9 Å². The van der Waals surface area contributed by atoms with E-state index in [1.54, 1.807) is 0 Å². The largest absolute Gasteiger partial charge is 0.288 e. The average molecular weight is 288 g/mol. The lowest BCUT2D eigenvalue weighted by molar-refractivity contribution is -0.124. The van der Waals surface area contributed by atoms with Crippen molar-refractivity contribution in [3.05, 3.63) is 64.9 Å². The Balaban J connectivity index is 1.76. The number of imide groups is 1. The zero-order valence-corrected chi connectivity index (χ0v) is 11.7. The predicted molar refractivity (Wildman–Crippen MR) is 80.9 cm³/mol. The number of aromatic nitrogens is 1. The molecule has 3 aliphatic rings. The molecular weight excluding hydrogens is 276 g/mol. The standard InChI is InChI=1S/C18H12N2O2/c21-16-14-11-7-8-18(9-11,15(14)17(22)20-16)13-6-5-10-3-1-2-4-12(10)19-13/h1-7H,8-9H2,(H,20,21,22). The van der Waals surface area contributed by atoms with Crippen LogP contribution in [0.5, 0.6) is 0 Å². The molecule has 4 nitrogen and oxygen atoms in total. The second kappa shape index (κ2) is 3.71. The van der Waals surface area contributed by atoms with Gasteiger partial charge in [0.25, 0.3) is 11.8 Å². The minimum absolute atomic E-state index is 0.252. The van der Waals surface area contributed by atoms with Gasteiger partial charge in [-0.15, -0.1) is 0 Å². The van der Waals surface area contributed by atoms with Gasteiger partial charge in [-0.05, 0) is 30.5 Å². The monoisotopic (exact) mass is 288 g/mol. The number of hydrogen-bond donors (Lipinski definition) is 1. The van der Waals surface area contributed by atoms with E-state index in [1.165, 1.54) is 0 Å². The molecule has 2 bridgehead atoms. The van der Waals surface area contributed by atoms with Crippen LogP contribution in [0, 0.1) is 0 Å². The molecule has 2 heterocycles. The van der Waals surface area contributed by atoms with Crippen molar-refractivity contribution in [2.75, 3.05) is 0 Å². The number of nitrogens with one attached hydrogen (secondary N) is 1. The third-order valence-corrected chi connectivity index (χ3v) is 5.01. The first-order chi connectivity index (χ1) is 10.7. The van der Waals surface area contributed by atoms with Gasteiger partial charge in [-0.25, -0.2) is 0 Å². The van der Waals surface area contributed by atoms with E-state index in [2.05, 4.69) is 11.4 Å². The van der Waals surface area contributed by atoms with Crippen LogP contribution >= 0.6 is 0 Å². The van der Waals surface area contributed by atoms with Gasteiger partial charge in [0.1, 0.15) is 0 Å². The summed E-state index contributed by atoms with van der Waals surface area (Å²) in [5, 5.41) is 3.51. The van der Waals surface area contributed by atoms with E-state index in [9.17, 15) is 9.59 Å². The fraction of sp³-hybridized carbons (Fsp3) is 0.167. The number of nitrogens with zero attached hydrogens (tertiary/aromatic N) is 1. The highest BCUT2D eigenvalue weighted by Gasteiger charge is 2.55. The van der Waals surface area contributed by atoms with Gasteiger partial charge in [0, 0.05) is 11.0 Å². The van der Waals surface area contributed by atoms with Gasteiger partial charge in [-0.2, -0.15) is 0 Å². The number of hydrogen-bond acceptors (Lipinski definition) is 3. The van der Waals surface area contributed by atoms with Crippen molar-refractivity contribution in [2.24, 2.45) is 0 Å². The van der Waals surface area contributed by atoms with E-state index in [4.69, 9.17) is 4.98 Å². The van der Waals surface area contributed by atoms with Crippen LogP contribution in [0.3, 0.4) is 0 Å². The average Bonchev–Trinajstić information content (AvgIpc) is 3.19. The number of amides is 2. The van der Waals surface area contributed by atoms with Gasteiger partial charge in [0.2, 0.25) is 0 Å². The Morgan fingerprint density at radius 2 is 1.91 bits per heavy atom. The summed E-state index contributed by atoms with van der Waals surface area (Å²) in [6.45, 7) is 0. The number of para-hydroxylation sites is 1. The maximum absolute atomic E-state index is 12.3. The molecule has 0 fully saturated rings. The van der Waals surface area contributed by atoms with E-state index in [0.717, 1.165) is 28.6 Å². The van der Waals surface area contributed by atoms with Crippen molar-refractivity contribution in [1.82, 2.24) is 10.3 Å². The molecule has 2 aliphatic carbocycles. The summed E-state index contributed by atoms with van der Waals surface area (Å²) in [7, 11) is 0. The first-order valence-corrected chi connectivity index (χ1v) is 7.35. The van der Waals surface area contributed by atoms with Crippen LogP contribution in [0.15, 0.2) is 59.2 Å². The number of allylic oxidation sites excluding steroid dienone is 1. The van der Waals surface area contributed by atoms with Crippen molar-refractivity contribution in [3.63, 3.8) is 0 Å². The molecule has 0 spiro atoms. The number of rotatable bonds is 1. The fourth-order valence-electron chi connectivity index (χ4n) is 4.02. The van der Waals surface area contributed by atoms with Gasteiger partial charge >= 0.3 is 0 Å². The van der Waals surface area contributed by atoms with Gasteiger partial charge < -0.3 is 0 Å². The van der Waals surface area contributed by atoms with Gasteiger partial charge in [0.15, 0.2) is 0 Å². The zero-order valence-electron chi connectivity index (χ0n) is 11.7. The Bertz CT molecular complexity index is 954. The highest BCUT2D eigenvalue weighted by molar-refractivity contribution is 6.24. The summed E-state index contributed by atoms with van der Waals surface area (Å²) in [5.41, 5.74) is 3.55. The number of carbonyl (C=O) groups is 2. The van der Waals surface area contributed by atoms with E-state index in [-0.39, 0.29) is 11.8 Å². The SMILES string of the molecule is O=C1NC(=O)C2=C1C1=CCC2(c2ccc3ccccc3n2)C1. The van der Waals surface area contributed by atoms with Crippen LogP contribution in [0.1, 0.15) is 18.5 Å². The van der Waals surface area contributed by atoms with Crippen molar-refractivity contribution in [2.45, 2.75) is 18.3 Å². The lowest BCUT2D eigenvalue weighted by Crippen LogP contribution is -2.33. The van der Waals surface area contributed by atoms with Crippen LogP contribution in [-0.4, -0.2) is 16.8 Å². The van der Waals surface area contributed by atoms with E-state index < -0.39 is 5.41 Å². The summed E-state index contributed by atoms with van der Waals surface area (Å²) in [5.74, 6) is -0.508. The molecule has 2 amide bonds. The molecule has 1 aromatic carbocycles. The molecule has 2 aromatic rings. The maximum Gasteiger partial charge on any atom is 0.258 e. The summed E-state index contributed by atoms with van der Waals surface area (Å²) in [6, 6.07) is 12.0. The molecule has 0 radical (unpaired) electrons. The smallest absolute Gasteiger partial charge is 0.258 e. The molecule has 1 atom stereocenters. The molecule has 5 rings (SSSR count). The topological polar surface area (TPSA) is 59.1 Å². The normalized spacial score (nSPS) is 25.7. The highest BCUT2D eigenvalue weighted by Crippen LogP contribution is 2.56.